The van der Waals surface area contributed by atoms with Crippen LogP contribution in [-0.2, 0) is 9.53 Å². The van der Waals surface area contributed by atoms with Crippen molar-refractivity contribution < 1.29 is 14.6 Å². The molecule has 0 amide bonds. The molecule has 0 bridgehead atoms. The lowest BCUT2D eigenvalue weighted by Gasteiger charge is -1.85. The van der Waals surface area contributed by atoms with Crippen molar-refractivity contribution in [1.82, 2.24) is 0 Å². The average Bonchev–Trinajstić information content (AvgIpc) is 2.10. The predicted molar refractivity (Wildman–Crippen MR) is 29.9 cm³/mol. The number of nitrogens with zero attached hydrogens (tertiary/aromatic N) is 1. The first-order chi connectivity index (χ1) is 4.24. The topological polar surface area (TPSA) is 58.9 Å². The molecule has 48 valence electrons. The Kier molecular flexibility index (Phi) is 1.22. The van der Waals surface area contributed by atoms with Gasteiger partial charge in [0.1, 0.15) is 6.26 Å². The normalized spacial score (nSPS) is 22.1. The van der Waals surface area contributed by atoms with Crippen LogP contribution in [0.3, 0.4) is 0 Å². The first-order valence-corrected chi connectivity index (χ1v) is 2.36. The lowest BCUT2D eigenvalue weighted by atomic mass is 10.5. The van der Waals surface area contributed by atoms with Crippen molar-refractivity contribution in [2.75, 3.05) is 0 Å². The quantitative estimate of drug-likeness (QED) is 0.290. The Balaban J connectivity index is 2.89. The van der Waals surface area contributed by atoms with E-state index < -0.39 is 5.97 Å². The molecule has 0 saturated heterocycles. The van der Waals surface area contributed by atoms with Gasteiger partial charge in [-0.2, -0.15) is 0 Å². The molecule has 0 saturated carbocycles. The monoisotopic (exact) mass is 127 g/mol. The summed E-state index contributed by atoms with van der Waals surface area (Å²) in [5, 5.41) is 8.28. The summed E-state index contributed by atoms with van der Waals surface area (Å²) in [7, 11) is 0. The summed E-state index contributed by atoms with van der Waals surface area (Å²) in [5.41, 5.74) is -0.0486. The van der Waals surface area contributed by atoms with E-state index in [0.29, 0.717) is 6.26 Å². The van der Waals surface area contributed by atoms with E-state index in [-0.39, 0.29) is 11.6 Å². The SMILES string of the molecule is CC1=N/C(=C/O)C(=O)O1. The van der Waals surface area contributed by atoms with Gasteiger partial charge in [-0.3, -0.25) is 0 Å². The third-order valence-electron chi connectivity index (χ3n) is 0.850. The summed E-state index contributed by atoms with van der Waals surface area (Å²) in [6.45, 7) is 1.54. The highest BCUT2D eigenvalue weighted by molar-refractivity contribution is 6.03. The van der Waals surface area contributed by atoms with E-state index in [1.807, 2.05) is 0 Å². The molecule has 1 aliphatic rings. The van der Waals surface area contributed by atoms with Gasteiger partial charge in [0.25, 0.3) is 0 Å². The number of esters is 1. The van der Waals surface area contributed by atoms with Crippen molar-refractivity contribution in [3.05, 3.63) is 12.0 Å². The van der Waals surface area contributed by atoms with E-state index in [2.05, 4.69) is 9.73 Å². The van der Waals surface area contributed by atoms with Crippen molar-refractivity contribution in [3.8, 4) is 0 Å². The molecule has 1 rings (SSSR count). The van der Waals surface area contributed by atoms with E-state index in [1.54, 1.807) is 0 Å². The van der Waals surface area contributed by atoms with Crippen LogP contribution in [0.1, 0.15) is 6.92 Å². The summed E-state index contributed by atoms with van der Waals surface area (Å²) in [4.78, 5) is 14.0. The van der Waals surface area contributed by atoms with Gasteiger partial charge in [-0.05, 0) is 0 Å². The molecule has 0 atom stereocenters. The first-order valence-electron chi connectivity index (χ1n) is 2.36. The van der Waals surface area contributed by atoms with Crippen molar-refractivity contribution in [1.29, 1.82) is 0 Å². The van der Waals surface area contributed by atoms with Crippen LogP contribution in [0.25, 0.3) is 0 Å². The highest BCUT2D eigenvalue weighted by atomic mass is 16.6. The van der Waals surface area contributed by atoms with Gasteiger partial charge in [0.2, 0.25) is 0 Å². The second-order valence-corrected chi connectivity index (χ2v) is 1.53. The number of hydrogen-bond donors (Lipinski definition) is 1. The molecule has 0 fully saturated rings. The van der Waals surface area contributed by atoms with Crippen molar-refractivity contribution >= 4 is 11.9 Å². The number of hydrogen-bond acceptors (Lipinski definition) is 4. The minimum Gasteiger partial charge on any atom is -0.513 e. The van der Waals surface area contributed by atoms with Crippen LogP contribution in [0.5, 0.6) is 0 Å². The molecule has 0 radical (unpaired) electrons. The van der Waals surface area contributed by atoms with Crippen LogP contribution in [0.15, 0.2) is 17.0 Å². The maximum Gasteiger partial charge on any atom is 0.366 e. The maximum absolute atomic E-state index is 10.5. The molecule has 1 aliphatic heterocycles. The fourth-order valence-corrected chi connectivity index (χ4v) is 0.506. The maximum atomic E-state index is 10.5. The van der Waals surface area contributed by atoms with E-state index in [1.165, 1.54) is 6.92 Å². The molecule has 9 heavy (non-hydrogen) atoms. The standard InChI is InChI=1S/C5H5NO3/c1-3-6-4(2-7)5(8)9-3/h2,7H,1H3/b4-2+. The fraction of sp³-hybridized carbons (Fsp3) is 0.200. The van der Waals surface area contributed by atoms with E-state index in [9.17, 15) is 4.79 Å². The van der Waals surface area contributed by atoms with Gasteiger partial charge in [-0.15, -0.1) is 0 Å². The summed E-state index contributed by atoms with van der Waals surface area (Å²) in [6.07, 6.45) is 0.624. The Labute approximate surface area is 51.5 Å². The average molecular weight is 127 g/mol. The molecule has 0 aliphatic carbocycles. The molecular formula is C5H5NO3. The van der Waals surface area contributed by atoms with Gasteiger partial charge >= 0.3 is 5.97 Å². The third kappa shape index (κ3) is 0.910. The van der Waals surface area contributed by atoms with Crippen LogP contribution in [0.4, 0.5) is 0 Å². The molecule has 1 heterocycles. The zero-order chi connectivity index (χ0) is 6.85. The Morgan fingerprint density at radius 2 is 2.44 bits per heavy atom. The minimum atomic E-state index is -0.602. The van der Waals surface area contributed by atoms with Crippen molar-refractivity contribution in [3.63, 3.8) is 0 Å². The number of aliphatic imine (C=N–C) groups is 1. The molecule has 4 nitrogen and oxygen atoms in total. The Morgan fingerprint density at radius 3 is 2.67 bits per heavy atom. The number of rotatable bonds is 0. The zero-order valence-electron chi connectivity index (χ0n) is 4.79. The lowest BCUT2D eigenvalue weighted by Crippen LogP contribution is -1.99. The highest BCUT2D eigenvalue weighted by Gasteiger charge is 2.19. The summed E-state index contributed by atoms with van der Waals surface area (Å²) in [5.74, 6) is -0.338. The Hall–Kier alpha value is -1.32. The number of carbonyl (C=O) groups excluding carboxylic acids is 1. The highest BCUT2D eigenvalue weighted by Crippen LogP contribution is 2.07. The molecule has 0 aromatic rings. The van der Waals surface area contributed by atoms with Gasteiger partial charge < -0.3 is 9.84 Å². The van der Waals surface area contributed by atoms with Gasteiger partial charge in [0, 0.05) is 6.92 Å². The van der Waals surface area contributed by atoms with Crippen LogP contribution in [0, 0.1) is 0 Å². The van der Waals surface area contributed by atoms with Gasteiger partial charge in [-0.1, -0.05) is 0 Å². The van der Waals surface area contributed by atoms with E-state index >= 15 is 0 Å². The fourth-order valence-electron chi connectivity index (χ4n) is 0.506. The second-order valence-electron chi connectivity index (χ2n) is 1.53. The first kappa shape index (κ1) is 5.81. The van der Waals surface area contributed by atoms with Crippen LogP contribution in [0.2, 0.25) is 0 Å². The zero-order valence-corrected chi connectivity index (χ0v) is 4.79. The van der Waals surface area contributed by atoms with Gasteiger partial charge in [0.15, 0.2) is 11.6 Å². The minimum absolute atomic E-state index is 0.0486. The van der Waals surface area contributed by atoms with Crippen molar-refractivity contribution in [2.45, 2.75) is 6.92 Å². The van der Waals surface area contributed by atoms with Crippen LogP contribution >= 0.6 is 0 Å². The largest absolute Gasteiger partial charge is 0.513 e. The molecule has 4 heteroatoms. The van der Waals surface area contributed by atoms with Gasteiger partial charge in [-0.25, -0.2) is 9.79 Å². The van der Waals surface area contributed by atoms with Crippen LogP contribution < -0.4 is 0 Å². The molecule has 1 N–H and O–H groups in total. The van der Waals surface area contributed by atoms with Crippen molar-refractivity contribution in [2.24, 2.45) is 4.99 Å². The molecule has 0 aromatic carbocycles. The Morgan fingerprint density at radius 1 is 1.78 bits per heavy atom. The van der Waals surface area contributed by atoms with E-state index in [0.717, 1.165) is 0 Å². The predicted octanol–water partition coefficient (Wildman–Crippen LogP) is 0.361. The lowest BCUT2D eigenvalue weighted by molar-refractivity contribution is -0.130. The second kappa shape index (κ2) is 1.89. The van der Waals surface area contributed by atoms with Gasteiger partial charge in [0.05, 0.1) is 0 Å². The van der Waals surface area contributed by atoms with E-state index in [4.69, 9.17) is 5.11 Å². The number of ether oxygens (including phenoxy) is 1. The summed E-state index contributed by atoms with van der Waals surface area (Å²) < 4.78 is 4.45. The smallest absolute Gasteiger partial charge is 0.366 e. The summed E-state index contributed by atoms with van der Waals surface area (Å²) in [6, 6.07) is 0. The number of aliphatic hydroxyl groups excluding tert-OH is 1. The molecule has 0 aromatic heterocycles. The number of carbonyl (C=O) groups is 1. The molecular weight excluding hydrogens is 122 g/mol. The molecule has 0 unspecified atom stereocenters. The summed E-state index contributed by atoms with van der Waals surface area (Å²) >= 11 is 0. The number of cyclic esters (lactones) is 1. The third-order valence-corrected chi connectivity index (χ3v) is 0.850. The molecule has 0 spiro atoms. The Bertz CT molecular complexity index is 204. The number of aliphatic hydroxyl groups is 1. The van der Waals surface area contributed by atoms with Crippen LogP contribution in [-0.4, -0.2) is 17.0 Å².